The Hall–Kier alpha value is -6.65. The van der Waals surface area contributed by atoms with Gasteiger partial charge in [-0.3, -0.25) is 4.57 Å². The molecule has 0 amide bonds. The third-order valence-electron chi connectivity index (χ3n) is 10.6. The van der Waals surface area contributed by atoms with Gasteiger partial charge in [-0.1, -0.05) is 159 Å². The minimum Gasteiger partial charge on any atom is -0.277 e. The predicted molar refractivity (Wildman–Crippen MR) is 213 cm³/mol. The molecular weight excluding hydrogens is 633 g/mol. The van der Waals surface area contributed by atoms with E-state index in [2.05, 4.69) is 170 Å². The molecular formula is C48H34N4. The van der Waals surface area contributed by atoms with Gasteiger partial charge in [0.2, 0.25) is 5.95 Å². The molecule has 4 heteroatoms. The molecule has 52 heavy (non-hydrogen) atoms. The molecule has 246 valence electrons. The van der Waals surface area contributed by atoms with Crippen LogP contribution in [0.5, 0.6) is 0 Å². The summed E-state index contributed by atoms with van der Waals surface area (Å²) in [5.74, 6) is 1.85. The first-order valence-electron chi connectivity index (χ1n) is 17.8. The van der Waals surface area contributed by atoms with Gasteiger partial charge in [0.05, 0.1) is 11.0 Å². The van der Waals surface area contributed by atoms with Gasteiger partial charge in [0, 0.05) is 32.9 Å². The van der Waals surface area contributed by atoms with E-state index in [1.807, 2.05) is 18.2 Å². The summed E-state index contributed by atoms with van der Waals surface area (Å²) in [7, 11) is 0. The van der Waals surface area contributed by atoms with E-state index in [-0.39, 0.29) is 5.41 Å². The molecule has 10 rings (SSSR count). The summed E-state index contributed by atoms with van der Waals surface area (Å²) >= 11 is 0. The fraction of sp³-hybridized carbons (Fsp3) is 0.0625. The zero-order valence-electron chi connectivity index (χ0n) is 29.0. The van der Waals surface area contributed by atoms with Gasteiger partial charge in [0.1, 0.15) is 0 Å². The number of aromatic nitrogens is 4. The van der Waals surface area contributed by atoms with E-state index in [0.29, 0.717) is 17.6 Å². The minimum atomic E-state index is -0.146. The van der Waals surface area contributed by atoms with Gasteiger partial charge in [-0.2, -0.15) is 9.97 Å². The van der Waals surface area contributed by atoms with Crippen molar-refractivity contribution >= 4 is 21.8 Å². The van der Waals surface area contributed by atoms with Crippen LogP contribution in [0.4, 0.5) is 0 Å². The van der Waals surface area contributed by atoms with Crippen molar-refractivity contribution in [3.63, 3.8) is 0 Å². The first-order chi connectivity index (χ1) is 25.5. The summed E-state index contributed by atoms with van der Waals surface area (Å²) in [6.07, 6.45) is 0. The quantitative estimate of drug-likeness (QED) is 0.184. The van der Waals surface area contributed by atoms with Crippen molar-refractivity contribution in [2.45, 2.75) is 19.3 Å². The van der Waals surface area contributed by atoms with E-state index in [4.69, 9.17) is 15.0 Å². The van der Waals surface area contributed by atoms with Crippen LogP contribution < -0.4 is 0 Å². The van der Waals surface area contributed by atoms with Crippen LogP contribution in [-0.2, 0) is 5.41 Å². The number of rotatable bonds is 5. The number of nitrogens with zero attached hydrogens (tertiary/aromatic N) is 4. The minimum absolute atomic E-state index is 0.146. The summed E-state index contributed by atoms with van der Waals surface area (Å²) in [4.78, 5) is 15.9. The van der Waals surface area contributed by atoms with Crippen molar-refractivity contribution in [2.75, 3.05) is 0 Å². The molecule has 0 atom stereocenters. The fourth-order valence-electron chi connectivity index (χ4n) is 8.11. The monoisotopic (exact) mass is 666 g/mol. The lowest BCUT2D eigenvalue weighted by Gasteiger charge is -2.21. The average Bonchev–Trinajstić information content (AvgIpc) is 3.67. The molecule has 0 N–H and O–H groups in total. The average molecular weight is 667 g/mol. The number of fused-ring (bicyclic) bond motifs is 7. The Kier molecular flexibility index (Phi) is 6.80. The molecule has 1 aliphatic rings. The molecule has 7 aromatic carbocycles. The van der Waals surface area contributed by atoms with Crippen LogP contribution in [0.25, 0.3) is 83.9 Å². The van der Waals surface area contributed by atoms with Gasteiger partial charge in [-0.15, -0.1) is 0 Å². The van der Waals surface area contributed by atoms with E-state index in [1.54, 1.807) is 0 Å². The van der Waals surface area contributed by atoms with Crippen molar-refractivity contribution in [2.24, 2.45) is 0 Å². The lowest BCUT2D eigenvalue weighted by Crippen LogP contribution is -2.14. The SMILES string of the molecule is CC1(C)c2ccccc2-c2c1ccc1c3ccccc3n(-c3nc(-c4ccccc4)nc(-c4cc(-c5ccccc5)cc(-c5ccccc5)c4)n3)c21. The van der Waals surface area contributed by atoms with Gasteiger partial charge < -0.3 is 0 Å². The second kappa shape index (κ2) is 11.7. The second-order valence-electron chi connectivity index (χ2n) is 14.1. The summed E-state index contributed by atoms with van der Waals surface area (Å²) in [5.41, 5.74) is 13.5. The fourth-order valence-corrected chi connectivity index (χ4v) is 8.11. The Bertz CT molecular complexity index is 2740. The summed E-state index contributed by atoms with van der Waals surface area (Å²) in [6, 6.07) is 60.0. The molecule has 0 saturated heterocycles. The molecule has 0 aliphatic heterocycles. The van der Waals surface area contributed by atoms with Crippen molar-refractivity contribution in [3.05, 3.63) is 181 Å². The van der Waals surface area contributed by atoms with E-state index in [9.17, 15) is 0 Å². The first-order valence-corrected chi connectivity index (χ1v) is 17.8. The highest BCUT2D eigenvalue weighted by atomic mass is 15.2. The van der Waals surface area contributed by atoms with Crippen molar-refractivity contribution in [1.29, 1.82) is 0 Å². The molecule has 0 saturated carbocycles. The third kappa shape index (κ3) is 4.72. The lowest BCUT2D eigenvalue weighted by molar-refractivity contribution is 0.660. The highest BCUT2D eigenvalue weighted by Crippen LogP contribution is 2.52. The molecule has 0 spiro atoms. The van der Waals surface area contributed by atoms with Crippen LogP contribution >= 0.6 is 0 Å². The maximum atomic E-state index is 5.40. The highest BCUT2D eigenvalue weighted by Gasteiger charge is 2.37. The van der Waals surface area contributed by atoms with E-state index in [0.717, 1.165) is 44.4 Å². The standard InChI is InChI=1S/C48H34N4/c1-48(2)40-24-14-12-23-39(40)43-41(48)27-26-38-37-22-13-15-25-42(37)52(44(38)43)47-50-45(33-20-10-5-11-21-33)49-46(51-47)36-29-34(31-16-6-3-7-17-31)28-35(30-36)32-18-8-4-9-19-32/h3-30H,1-2H3. The van der Waals surface area contributed by atoms with Gasteiger partial charge >= 0.3 is 0 Å². The smallest absolute Gasteiger partial charge is 0.238 e. The van der Waals surface area contributed by atoms with Crippen molar-refractivity contribution in [1.82, 2.24) is 19.5 Å². The second-order valence-corrected chi connectivity index (χ2v) is 14.1. The maximum absolute atomic E-state index is 5.40. The Morgan fingerprint density at radius 3 is 1.63 bits per heavy atom. The van der Waals surface area contributed by atoms with E-state index in [1.165, 1.54) is 33.0 Å². The zero-order chi connectivity index (χ0) is 34.8. The van der Waals surface area contributed by atoms with Gasteiger partial charge in [0.15, 0.2) is 11.6 Å². The molecule has 0 bridgehead atoms. The molecule has 0 fully saturated rings. The molecule has 4 nitrogen and oxygen atoms in total. The summed E-state index contributed by atoms with van der Waals surface area (Å²) in [6.45, 7) is 4.66. The summed E-state index contributed by atoms with van der Waals surface area (Å²) < 4.78 is 2.28. The van der Waals surface area contributed by atoms with Crippen LogP contribution in [0, 0.1) is 0 Å². The lowest BCUT2D eigenvalue weighted by atomic mass is 9.82. The van der Waals surface area contributed by atoms with Crippen molar-refractivity contribution in [3.8, 4) is 62.1 Å². The Labute approximate surface area is 302 Å². The Morgan fingerprint density at radius 1 is 0.423 bits per heavy atom. The third-order valence-corrected chi connectivity index (χ3v) is 10.6. The normalized spacial score (nSPS) is 13.0. The molecule has 9 aromatic rings. The van der Waals surface area contributed by atoms with Gasteiger partial charge in [0.25, 0.3) is 0 Å². The van der Waals surface area contributed by atoms with Gasteiger partial charge in [-0.05, 0) is 63.2 Å². The topological polar surface area (TPSA) is 43.6 Å². The number of benzene rings is 7. The summed E-state index contributed by atoms with van der Waals surface area (Å²) in [5, 5.41) is 2.35. The Morgan fingerprint density at radius 2 is 0.962 bits per heavy atom. The molecule has 0 radical (unpaired) electrons. The molecule has 2 heterocycles. The largest absolute Gasteiger partial charge is 0.277 e. The molecule has 2 aromatic heterocycles. The van der Waals surface area contributed by atoms with Crippen LogP contribution in [0.1, 0.15) is 25.0 Å². The van der Waals surface area contributed by atoms with Gasteiger partial charge in [-0.25, -0.2) is 4.98 Å². The van der Waals surface area contributed by atoms with E-state index >= 15 is 0 Å². The molecule has 0 unspecified atom stereocenters. The highest BCUT2D eigenvalue weighted by molar-refractivity contribution is 6.15. The number of para-hydroxylation sites is 1. The number of hydrogen-bond donors (Lipinski definition) is 0. The van der Waals surface area contributed by atoms with Crippen LogP contribution in [0.2, 0.25) is 0 Å². The van der Waals surface area contributed by atoms with E-state index < -0.39 is 0 Å². The number of hydrogen-bond acceptors (Lipinski definition) is 3. The predicted octanol–water partition coefficient (Wildman–Crippen LogP) is 11.9. The maximum Gasteiger partial charge on any atom is 0.238 e. The van der Waals surface area contributed by atoms with Crippen molar-refractivity contribution < 1.29 is 0 Å². The van der Waals surface area contributed by atoms with Crippen LogP contribution in [0.15, 0.2) is 170 Å². The Balaban J connectivity index is 1.30. The zero-order valence-corrected chi connectivity index (χ0v) is 29.0. The van der Waals surface area contributed by atoms with Crippen LogP contribution in [-0.4, -0.2) is 19.5 Å². The first kappa shape index (κ1) is 30.2. The van der Waals surface area contributed by atoms with Crippen LogP contribution in [0.3, 0.4) is 0 Å². The molecule has 1 aliphatic carbocycles.